The van der Waals surface area contributed by atoms with Gasteiger partial charge >= 0.3 is 0 Å². The standard InChI is InChI=1S/C14H19N.HNO3/c1-14(2)10-15-9-5-8-13(15)11-6-3-4-7-12(11)14;2-1(3)4/h3-4,6-7,13H,5,8-10H2,1-2H3;(H,2,3,4). The van der Waals surface area contributed by atoms with Crippen molar-refractivity contribution in [2.24, 2.45) is 0 Å². The molecule has 2 aliphatic rings. The summed E-state index contributed by atoms with van der Waals surface area (Å²) in [6.07, 6.45) is 2.72. The lowest BCUT2D eigenvalue weighted by Crippen LogP contribution is -2.42. The molecule has 19 heavy (non-hydrogen) atoms. The molecule has 0 amide bonds. The SMILES string of the molecule is CC1(C)CN2CCCC2c2ccccc21.O=[N+]([O-])O. The van der Waals surface area contributed by atoms with Crippen LogP contribution < -0.4 is 0 Å². The zero-order chi connectivity index (χ0) is 14.0. The Bertz CT molecular complexity index is 470. The average Bonchev–Trinajstić information content (AvgIpc) is 2.75. The van der Waals surface area contributed by atoms with Crippen molar-refractivity contribution in [1.82, 2.24) is 4.90 Å². The highest BCUT2D eigenvalue weighted by molar-refractivity contribution is 5.39. The zero-order valence-corrected chi connectivity index (χ0v) is 11.4. The Hall–Kier alpha value is -1.62. The van der Waals surface area contributed by atoms with Crippen molar-refractivity contribution in [3.8, 4) is 0 Å². The number of nitrogens with zero attached hydrogens (tertiary/aromatic N) is 2. The Balaban J connectivity index is 0.000000297. The van der Waals surface area contributed by atoms with E-state index in [1.165, 1.54) is 25.9 Å². The highest BCUT2D eigenvalue weighted by atomic mass is 16.9. The van der Waals surface area contributed by atoms with Crippen LogP contribution in [-0.4, -0.2) is 28.3 Å². The van der Waals surface area contributed by atoms with E-state index in [9.17, 15) is 0 Å². The molecule has 0 aromatic heterocycles. The van der Waals surface area contributed by atoms with Crippen molar-refractivity contribution in [2.75, 3.05) is 13.1 Å². The lowest BCUT2D eigenvalue weighted by Gasteiger charge is -2.42. The second-order valence-corrected chi connectivity index (χ2v) is 5.84. The maximum absolute atomic E-state index is 8.36. The molecular formula is C14H20N2O3. The molecule has 1 fully saturated rings. The van der Waals surface area contributed by atoms with E-state index in [2.05, 4.69) is 43.0 Å². The van der Waals surface area contributed by atoms with Crippen LogP contribution in [-0.2, 0) is 5.41 Å². The van der Waals surface area contributed by atoms with Crippen LogP contribution in [0.5, 0.6) is 0 Å². The Labute approximate surface area is 113 Å². The molecule has 5 nitrogen and oxygen atoms in total. The van der Waals surface area contributed by atoms with Crippen LogP contribution in [0.3, 0.4) is 0 Å². The molecule has 5 heteroatoms. The molecule has 1 aromatic rings. The molecule has 2 aliphatic heterocycles. The summed E-state index contributed by atoms with van der Waals surface area (Å²) in [7, 11) is 0. The van der Waals surface area contributed by atoms with Crippen molar-refractivity contribution < 1.29 is 10.3 Å². The third kappa shape index (κ3) is 2.87. The Kier molecular flexibility index (Phi) is 3.75. The van der Waals surface area contributed by atoms with Gasteiger partial charge in [-0.15, -0.1) is 10.1 Å². The third-order valence-electron chi connectivity index (χ3n) is 4.01. The number of rotatable bonds is 0. The summed E-state index contributed by atoms with van der Waals surface area (Å²) < 4.78 is 0. The minimum absolute atomic E-state index is 0.331. The third-order valence-corrected chi connectivity index (χ3v) is 4.01. The monoisotopic (exact) mass is 264 g/mol. The van der Waals surface area contributed by atoms with Crippen LogP contribution in [0.25, 0.3) is 0 Å². The van der Waals surface area contributed by atoms with Gasteiger partial charge in [-0.05, 0) is 30.5 Å². The molecule has 104 valence electrons. The van der Waals surface area contributed by atoms with Crippen LogP contribution in [0.4, 0.5) is 0 Å². The van der Waals surface area contributed by atoms with E-state index in [4.69, 9.17) is 15.3 Å². The average molecular weight is 264 g/mol. The maximum atomic E-state index is 8.36. The molecule has 0 bridgehead atoms. The molecular weight excluding hydrogens is 244 g/mol. The minimum atomic E-state index is -1.50. The first-order valence-corrected chi connectivity index (χ1v) is 6.58. The molecule has 1 unspecified atom stereocenters. The molecule has 0 saturated carbocycles. The van der Waals surface area contributed by atoms with Gasteiger partial charge < -0.3 is 5.21 Å². The Morgan fingerprint density at radius 1 is 1.42 bits per heavy atom. The van der Waals surface area contributed by atoms with Crippen molar-refractivity contribution in [3.63, 3.8) is 0 Å². The number of hydrogen-bond donors (Lipinski definition) is 1. The Morgan fingerprint density at radius 2 is 2.05 bits per heavy atom. The minimum Gasteiger partial charge on any atom is -0.328 e. The Morgan fingerprint density at radius 3 is 2.74 bits per heavy atom. The van der Waals surface area contributed by atoms with E-state index >= 15 is 0 Å². The fourth-order valence-electron chi connectivity index (χ4n) is 3.36. The fourth-order valence-corrected chi connectivity index (χ4v) is 3.36. The second kappa shape index (κ2) is 5.17. The first kappa shape index (κ1) is 13.8. The number of fused-ring (bicyclic) bond motifs is 3. The van der Waals surface area contributed by atoms with E-state index in [1.54, 1.807) is 11.1 Å². The van der Waals surface area contributed by atoms with Gasteiger partial charge in [0.25, 0.3) is 5.09 Å². The summed E-state index contributed by atoms with van der Waals surface area (Å²) in [5.74, 6) is 0. The van der Waals surface area contributed by atoms with Crippen LogP contribution in [0.1, 0.15) is 43.9 Å². The van der Waals surface area contributed by atoms with Gasteiger partial charge in [-0.25, -0.2) is 0 Å². The van der Waals surface area contributed by atoms with E-state index in [0.29, 0.717) is 11.5 Å². The lowest BCUT2D eigenvalue weighted by molar-refractivity contribution is -0.742. The molecule has 1 aromatic carbocycles. The van der Waals surface area contributed by atoms with Gasteiger partial charge in [0.1, 0.15) is 0 Å². The van der Waals surface area contributed by atoms with Gasteiger partial charge in [-0.2, -0.15) is 0 Å². The second-order valence-electron chi connectivity index (χ2n) is 5.84. The molecule has 0 aliphatic carbocycles. The zero-order valence-electron chi connectivity index (χ0n) is 11.4. The molecule has 0 radical (unpaired) electrons. The van der Waals surface area contributed by atoms with Crippen LogP contribution in [0.15, 0.2) is 24.3 Å². The molecule has 0 spiro atoms. The van der Waals surface area contributed by atoms with Crippen molar-refractivity contribution in [2.45, 2.75) is 38.1 Å². The van der Waals surface area contributed by atoms with Crippen LogP contribution >= 0.6 is 0 Å². The van der Waals surface area contributed by atoms with Crippen molar-refractivity contribution >= 4 is 0 Å². The topological polar surface area (TPSA) is 66.6 Å². The predicted octanol–water partition coefficient (Wildman–Crippen LogP) is 2.77. The number of hydrogen-bond acceptors (Lipinski definition) is 3. The fraction of sp³-hybridized carbons (Fsp3) is 0.571. The van der Waals surface area contributed by atoms with Crippen molar-refractivity contribution in [3.05, 3.63) is 45.5 Å². The molecule has 1 saturated heterocycles. The van der Waals surface area contributed by atoms with E-state index in [1.807, 2.05) is 0 Å². The molecule has 2 heterocycles. The predicted molar refractivity (Wildman–Crippen MR) is 71.8 cm³/mol. The van der Waals surface area contributed by atoms with E-state index in [-0.39, 0.29) is 0 Å². The highest BCUT2D eigenvalue weighted by Crippen LogP contribution is 2.43. The van der Waals surface area contributed by atoms with E-state index in [0.717, 1.165) is 0 Å². The summed E-state index contributed by atoms with van der Waals surface area (Å²) in [6.45, 7) is 7.28. The summed E-state index contributed by atoms with van der Waals surface area (Å²) in [4.78, 5) is 11.0. The maximum Gasteiger partial charge on any atom is 0.291 e. The first-order valence-electron chi connectivity index (χ1n) is 6.58. The first-order chi connectivity index (χ1) is 8.92. The highest BCUT2D eigenvalue weighted by Gasteiger charge is 2.39. The molecule has 3 rings (SSSR count). The molecule has 1 atom stereocenters. The summed E-state index contributed by atoms with van der Waals surface area (Å²) >= 11 is 0. The van der Waals surface area contributed by atoms with Gasteiger partial charge in [0.05, 0.1) is 0 Å². The van der Waals surface area contributed by atoms with Crippen LogP contribution in [0, 0.1) is 10.1 Å². The van der Waals surface area contributed by atoms with E-state index < -0.39 is 5.09 Å². The van der Waals surface area contributed by atoms with Crippen molar-refractivity contribution in [1.29, 1.82) is 0 Å². The smallest absolute Gasteiger partial charge is 0.291 e. The largest absolute Gasteiger partial charge is 0.328 e. The van der Waals surface area contributed by atoms with Gasteiger partial charge in [-0.1, -0.05) is 38.1 Å². The quantitative estimate of drug-likeness (QED) is 0.578. The summed E-state index contributed by atoms with van der Waals surface area (Å²) in [5, 5.41) is 13.6. The van der Waals surface area contributed by atoms with Gasteiger partial charge in [-0.3, -0.25) is 4.90 Å². The normalized spacial score (nSPS) is 23.8. The van der Waals surface area contributed by atoms with Gasteiger partial charge in [0, 0.05) is 18.0 Å². The van der Waals surface area contributed by atoms with Crippen LogP contribution in [0.2, 0.25) is 0 Å². The van der Waals surface area contributed by atoms with Gasteiger partial charge in [0.15, 0.2) is 0 Å². The summed E-state index contributed by atoms with van der Waals surface area (Å²) in [5.41, 5.74) is 3.50. The number of benzene rings is 1. The molecule has 1 N–H and O–H groups in total. The van der Waals surface area contributed by atoms with Gasteiger partial charge in [0.2, 0.25) is 0 Å². The summed E-state index contributed by atoms with van der Waals surface area (Å²) in [6, 6.07) is 9.75. The lowest BCUT2D eigenvalue weighted by atomic mass is 9.76.